The Balaban J connectivity index is 2.01. The van der Waals surface area contributed by atoms with E-state index in [2.05, 4.69) is 0 Å². The number of carboxylic acid groups (broad SMARTS) is 1. The van der Waals surface area contributed by atoms with Crippen LogP contribution in [0.15, 0.2) is 42.5 Å². The van der Waals surface area contributed by atoms with Crippen molar-refractivity contribution in [3.05, 3.63) is 53.6 Å². The standard InChI is InChI=1S/C16H17NO4/c1-20-12-7-5-11(6-8-12)9-10-21-15-13(16(18)19)3-2-4-14(15)17/h2-8H,9-10,17H2,1H3,(H,18,19). The molecule has 0 saturated heterocycles. The van der Waals surface area contributed by atoms with Gasteiger partial charge in [0.2, 0.25) is 0 Å². The van der Waals surface area contributed by atoms with E-state index in [4.69, 9.17) is 20.3 Å². The van der Waals surface area contributed by atoms with Crippen LogP contribution in [0, 0.1) is 0 Å². The highest BCUT2D eigenvalue weighted by Crippen LogP contribution is 2.26. The number of rotatable bonds is 6. The van der Waals surface area contributed by atoms with E-state index in [9.17, 15) is 4.79 Å². The van der Waals surface area contributed by atoms with Crippen LogP contribution >= 0.6 is 0 Å². The molecule has 0 bridgehead atoms. The first-order valence-electron chi connectivity index (χ1n) is 6.49. The number of aromatic carboxylic acids is 1. The Hall–Kier alpha value is -2.69. The molecule has 5 nitrogen and oxygen atoms in total. The molecule has 0 aliphatic carbocycles. The summed E-state index contributed by atoms with van der Waals surface area (Å²) >= 11 is 0. The van der Waals surface area contributed by atoms with Crippen molar-refractivity contribution in [2.24, 2.45) is 0 Å². The summed E-state index contributed by atoms with van der Waals surface area (Å²) in [5, 5.41) is 9.11. The van der Waals surface area contributed by atoms with Gasteiger partial charge in [-0.1, -0.05) is 18.2 Å². The maximum Gasteiger partial charge on any atom is 0.339 e. The molecular formula is C16H17NO4. The minimum absolute atomic E-state index is 0.0738. The summed E-state index contributed by atoms with van der Waals surface area (Å²) in [5.74, 6) is -0.0413. The molecular weight excluding hydrogens is 270 g/mol. The van der Waals surface area contributed by atoms with E-state index < -0.39 is 5.97 Å². The van der Waals surface area contributed by atoms with E-state index >= 15 is 0 Å². The van der Waals surface area contributed by atoms with Crippen molar-refractivity contribution < 1.29 is 19.4 Å². The summed E-state index contributed by atoms with van der Waals surface area (Å²) < 4.78 is 10.6. The zero-order chi connectivity index (χ0) is 15.2. The Kier molecular flexibility index (Phi) is 4.66. The number of methoxy groups -OCH3 is 1. The van der Waals surface area contributed by atoms with Crippen molar-refractivity contribution in [1.29, 1.82) is 0 Å². The molecule has 0 aliphatic heterocycles. The highest BCUT2D eigenvalue weighted by atomic mass is 16.5. The van der Waals surface area contributed by atoms with E-state index in [0.29, 0.717) is 18.7 Å². The minimum Gasteiger partial charge on any atom is -0.497 e. The molecule has 110 valence electrons. The first kappa shape index (κ1) is 14.7. The van der Waals surface area contributed by atoms with Gasteiger partial charge in [0.25, 0.3) is 0 Å². The molecule has 0 aromatic heterocycles. The van der Waals surface area contributed by atoms with Gasteiger partial charge < -0.3 is 20.3 Å². The summed E-state index contributed by atoms with van der Waals surface area (Å²) in [4.78, 5) is 11.1. The number of hydrogen-bond acceptors (Lipinski definition) is 4. The molecule has 21 heavy (non-hydrogen) atoms. The van der Waals surface area contributed by atoms with Crippen molar-refractivity contribution in [3.63, 3.8) is 0 Å². The number of nitrogen functional groups attached to an aromatic ring is 1. The molecule has 3 N–H and O–H groups in total. The number of hydrogen-bond donors (Lipinski definition) is 2. The van der Waals surface area contributed by atoms with Crippen LogP contribution in [-0.4, -0.2) is 24.8 Å². The van der Waals surface area contributed by atoms with Crippen molar-refractivity contribution in [1.82, 2.24) is 0 Å². The fraction of sp³-hybridized carbons (Fsp3) is 0.188. The second-order valence-electron chi connectivity index (χ2n) is 4.48. The van der Waals surface area contributed by atoms with Crippen LogP contribution in [0.5, 0.6) is 11.5 Å². The third kappa shape index (κ3) is 3.66. The van der Waals surface area contributed by atoms with Crippen LogP contribution in [0.3, 0.4) is 0 Å². The highest BCUT2D eigenvalue weighted by Gasteiger charge is 2.13. The Labute approximate surface area is 122 Å². The summed E-state index contributed by atoms with van der Waals surface area (Å²) in [6, 6.07) is 12.3. The monoisotopic (exact) mass is 287 g/mol. The number of para-hydroxylation sites is 1. The van der Waals surface area contributed by atoms with Gasteiger partial charge in [0.1, 0.15) is 11.3 Å². The number of ether oxygens (including phenoxy) is 2. The Morgan fingerprint density at radius 3 is 2.52 bits per heavy atom. The van der Waals surface area contributed by atoms with Gasteiger partial charge in [-0.05, 0) is 29.8 Å². The molecule has 0 amide bonds. The zero-order valence-corrected chi connectivity index (χ0v) is 11.7. The Morgan fingerprint density at radius 1 is 1.19 bits per heavy atom. The normalized spacial score (nSPS) is 10.1. The molecule has 0 fully saturated rings. The SMILES string of the molecule is COc1ccc(CCOc2c(N)cccc2C(=O)O)cc1. The topological polar surface area (TPSA) is 81.8 Å². The molecule has 2 rings (SSSR count). The molecule has 0 spiro atoms. The van der Waals surface area contributed by atoms with Gasteiger partial charge >= 0.3 is 5.97 Å². The highest BCUT2D eigenvalue weighted by molar-refractivity contribution is 5.93. The number of carboxylic acids is 1. The van der Waals surface area contributed by atoms with Gasteiger partial charge in [0.15, 0.2) is 5.75 Å². The fourth-order valence-corrected chi connectivity index (χ4v) is 1.95. The van der Waals surface area contributed by atoms with Gasteiger partial charge in [0, 0.05) is 6.42 Å². The smallest absolute Gasteiger partial charge is 0.339 e. The molecule has 2 aromatic rings. The van der Waals surface area contributed by atoms with E-state index in [-0.39, 0.29) is 11.3 Å². The lowest BCUT2D eigenvalue weighted by molar-refractivity contribution is 0.0692. The van der Waals surface area contributed by atoms with E-state index in [0.717, 1.165) is 11.3 Å². The first-order chi connectivity index (χ1) is 10.1. The van der Waals surface area contributed by atoms with Gasteiger partial charge in [-0.15, -0.1) is 0 Å². The number of anilines is 1. The summed E-state index contributed by atoms with van der Waals surface area (Å²) in [7, 11) is 1.61. The molecule has 0 atom stereocenters. The van der Waals surface area contributed by atoms with E-state index in [1.165, 1.54) is 6.07 Å². The van der Waals surface area contributed by atoms with Crippen LogP contribution in [0.2, 0.25) is 0 Å². The van der Waals surface area contributed by atoms with E-state index in [1.807, 2.05) is 24.3 Å². The van der Waals surface area contributed by atoms with Gasteiger partial charge in [-0.2, -0.15) is 0 Å². The molecule has 5 heteroatoms. The fourth-order valence-electron chi connectivity index (χ4n) is 1.95. The molecule has 0 unspecified atom stereocenters. The summed E-state index contributed by atoms with van der Waals surface area (Å²) in [5.41, 5.74) is 7.24. The molecule has 2 aromatic carbocycles. The van der Waals surface area contributed by atoms with Crippen LogP contribution in [0.4, 0.5) is 5.69 Å². The largest absolute Gasteiger partial charge is 0.497 e. The lowest BCUT2D eigenvalue weighted by Crippen LogP contribution is -2.08. The molecule has 0 heterocycles. The van der Waals surface area contributed by atoms with Crippen LogP contribution in [-0.2, 0) is 6.42 Å². The maximum absolute atomic E-state index is 11.1. The third-order valence-electron chi connectivity index (χ3n) is 3.07. The quantitative estimate of drug-likeness (QED) is 0.798. The second kappa shape index (κ2) is 6.65. The third-order valence-corrected chi connectivity index (χ3v) is 3.07. The minimum atomic E-state index is -1.05. The predicted molar refractivity (Wildman–Crippen MR) is 80.0 cm³/mol. The number of nitrogens with two attached hydrogens (primary N) is 1. The van der Waals surface area contributed by atoms with Crippen molar-refractivity contribution in [2.45, 2.75) is 6.42 Å². The Morgan fingerprint density at radius 2 is 1.90 bits per heavy atom. The first-order valence-corrected chi connectivity index (χ1v) is 6.49. The average Bonchev–Trinajstić information content (AvgIpc) is 2.49. The summed E-state index contributed by atoms with van der Waals surface area (Å²) in [6.07, 6.45) is 0.650. The summed E-state index contributed by atoms with van der Waals surface area (Å²) in [6.45, 7) is 0.348. The molecule has 0 radical (unpaired) electrons. The van der Waals surface area contributed by atoms with Gasteiger partial charge in [-0.25, -0.2) is 4.79 Å². The van der Waals surface area contributed by atoms with Crippen molar-refractivity contribution >= 4 is 11.7 Å². The van der Waals surface area contributed by atoms with Crippen LogP contribution < -0.4 is 15.2 Å². The van der Waals surface area contributed by atoms with Crippen LogP contribution in [0.1, 0.15) is 15.9 Å². The lowest BCUT2D eigenvalue weighted by Gasteiger charge is -2.11. The zero-order valence-electron chi connectivity index (χ0n) is 11.7. The predicted octanol–water partition coefficient (Wildman–Crippen LogP) is 2.60. The number of benzene rings is 2. The number of carbonyl (C=O) groups is 1. The maximum atomic E-state index is 11.1. The molecule has 0 saturated carbocycles. The van der Waals surface area contributed by atoms with Gasteiger partial charge in [0.05, 0.1) is 19.4 Å². The van der Waals surface area contributed by atoms with Crippen molar-refractivity contribution in [2.75, 3.05) is 19.5 Å². The van der Waals surface area contributed by atoms with Crippen LogP contribution in [0.25, 0.3) is 0 Å². The average molecular weight is 287 g/mol. The van der Waals surface area contributed by atoms with Gasteiger partial charge in [-0.3, -0.25) is 0 Å². The Bertz CT molecular complexity index is 623. The lowest BCUT2D eigenvalue weighted by atomic mass is 10.1. The van der Waals surface area contributed by atoms with E-state index in [1.54, 1.807) is 19.2 Å². The second-order valence-corrected chi connectivity index (χ2v) is 4.48. The molecule has 0 aliphatic rings. The van der Waals surface area contributed by atoms with Crippen molar-refractivity contribution in [3.8, 4) is 11.5 Å².